The van der Waals surface area contributed by atoms with E-state index in [0.29, 0.717) is 0 Å². The van der Waals surface area contributed by atoms with Crippen LogP contribution in [0.2, 0.25) is 0 Å². The van der Waals surface area contributed by atoms with Crippen molar-refractivity contribution in [2.75, 3.05) is 26.4 Å². The minimum Gasteiger partial charge on any atom is -0.379 e. The van der Waals surface area contributed by atoms with Crippen LogP contribution in [0.1, 0.15) is 194 Å². The first-order valence-corrected chi connectivity index (χ1v) is 19.4. The number of rotatable bonds is 33. The van der Waals surface area contributed by atoms with E-state index < -0.39 is 7.82 Å². The van der Waals surface area contributed by atoms with Crippen molar-refractivity contribution in [1.29, 1.82) is 0 Å². The van der Waals surface area contributed by atoms with Crippen molar-refractivity contribution in [3.8, 4) is 0 Å². The Bertz CT molecular complexity index is 457. The van der Waals surface area contributed by atoms with Gasteiger partial charge >= 0.3 is 7.82 Å². The number of hydrogen-bond acceptors (Lipinski definition) is 3. The maximum Gasteiger partial charge on any atom is 0.466 e. The SMILES string of the molecule is CCCCCCCCCCCCCCCCCCCCOCCOCCCCCCCCCCCC.O=P(O)(O)O. The second-order valence-corrected chi connectivity index (χ2v) is 13.0. The van der Waals surface area contributed by atoms with E-state index in [4.69, 9.17) is 28.7 Å². The molecule has 0 amide bonds. The van der Waals surface area contributed by atoms with Crippen molar-refractivity contribution in [3.63, 3.8) is 0 Å². The molecule has 0 aliphatic rings. The van der Waals surface area contributed by atoms with Gasteiger partial charge in [-0.3, -0.25) is 0 Å². The van der Waals surface area contributed by atoms with Crippen LogP contribution in [0.15, 0.2) is 0 Å². The summed E-state index contributed by atoms with van der Waals surface area (Å²) in [5.74, 6) is 0. The lowest BCUT2D eigenvalue weighted by molar-refractivity contribution is 0.0448. The zero-order chi connectivity index (χ0) is 30.5. The van der Waals surface area contributed by atoms with Gasteiger partial charge in [0.25, 0.3) is 0 Å². The largest absolute Gasteiger partial charge is 0.466 e. The predicted molar refractivity (Wildman–Crippen MR) is 177 cm³/mol. The van der Waals surface area contributed by atoms with E-state index >= 15 is 0 Å². The summed E-state index contributed by atoms with van der Waals surface area (Å²) in [6.45, 7) is 7.97. The molecule has 0 bridgehead atoms. The summed E-state index contributed by atoms with van der Waals surface area (Å²) in [6, 6.07) is 0. The molecular formula is C34H73O6P. The van der Waals surface area contributed by atoms with Crippen LogP contribution >= 0.6 is 7.82 Å². The van der Waals surface area contributed by atoms with Gasteiger partial charge in [0.15, 0.2) is 0 Å². The molecule has 250 valence electrons. The Balaban J connectivity index is 0. The van der Waals surface area contributed by atoms with Crippen LogP contribution in [0.5, 0.6) is 0 Å². The first-order valence-electron chi connectivity index (χ1n) is 17.9. The van der Waals surface area contributed by atoms with Crippen molar-refractivity contribution in [2.45, 2.75) is 194 Å². The molecule has 0 aliphatic heterocycles. The van der Waals surface area contributed by atoms with Crippen molar-refractivity contribution in [2.24, 2.45) is 0 Å². The molecule has 0 heterocycles. The molecule has 0 fully saturated rings. The van der Waals surface area contributed by atoms with Crippen molar-refractivity contribution >= 4 is 7.82 Å². The summed E-state index contributed by atoms with van der Waals surface area (Å²) in [7, 11) is -4.64. The lowest BCUT2D eigenvalue weighted by atomic mass is 10.0. The smallest absolute Gasteiger partial charge is 0.379 e. The minimum absolute atomic E-state index is 0.774. The molecule has 0 atom stereocenters. The topological polar surface area (TPSA) is 96.2 Å². The zero-order valence-electron chi connectivity index (χ0n) is 27.6. The Morgan fingerprint density at radius 1 is 0.341 bits per heavy atom. The van der Waals surface area contributed by atoms with Crippen molar-refractivity contribution in [3.05, 3.63) is 0 Å². The predicted octanol–water partition coefficient (Wildman–Crippen LogP) is 11.1. The van der Waals surface area contributed by atoms with E-state index in [-0.39, 0.29) is 0 Å². The molecule has 3 N–H and O–H groups in total. The maximum atomic E-state index is 8.88. The summed E-state index contributed by atoms with van der Waals surface area (Å²) in [5.41, 5.74) is 0. The Kier molecular flexibility index (Phi) is 40.1. The van der Waals surface area contributed by atoms with Crippen LogP contribution < -0.4 is 0 Å². The van der Waals surface area contributed by atoms with E-state index in [1.807, 2.05) is 0 Å². The van der Waals surface area contributed by atoms with Gasteiger partial charge in [0.2, 0.25) is 0 Å². The average Bonchev–Trinajstić information content (AvgIpc) is 2.93. The molecule has 0 aromatic rings. The second kappa shape index (κ2) is 38.1. The summed E-state index contributed by atoms with van der Waals surface area (Å²) >= 11 is 0. The number of phosphoric acid groups is 1. The fourth-order valence-electron chi connectivity index (χ4n) is 5.12. The van der Waals surface area contributed by atoms with E-state index in [1.165, 1.54) is 180 Å². The van der Waals surface area contributed by atoms with Gasteiger partial charge in [-0.25, -0.2) is 4.57 Å². The molecule has 6 nitrogen and oxygen atoms in total. The van der Waals surface area contributed by atoms with Crippen LogP contribution in [0, 0.1) is 0 Å². The van der Waals surface area contributed by atoms with Gasteiger partial charge in [-0.15, -0.1) is 0 Å². The standard InChI is InChI=1S/C34H70O2.H3O4P/c1-3-5-7-9-11-13-15-16-17-18-19-20-21-22-24-26-28-30-32-36-34-33-35-31-29-27-25-23-14-12-10-8-6-4-2;1-5(2,3)4/h3-34H2,1-2H3;(H3,1,2,3,4). The van der Waals surface area contributed by atoms with Crippen molar-refractivity contribution in [1.82, 2.24) is 0 Å². The van der Waals surface area contributed by atoms with Crippen LogP contribution in [0.25, 0.3) is 0 Å². The van der Waals surface area contributed by atoms with Gasteiger partial charge in [-0.1, -0.05) is 181 Å². The Morgan fingerprint density at radius 2 is 0.512 bits per heavy atom. The maximum absolute atomic E-state index is 8.88. The van der Waals surface area contributed by atoms with E-state index in [2.05, 4.69) is 13.8 Å². The number of unbranched alkanes of at least 4 members (excludes halogenated alkanes) is 26. The highest BCUT2D eigenvalue weighted by Gasteiger charge is 2.00. The molecular weight excluding hydrogens is 535 g/mol. The third-order valence-electron chi connectivity index (χ3n) is 7.66. The Labute approximate surface area is 256 Å². The molecule has 0 saturated carbocycles. The van der Waals surface area contributed by atoms with Crippen LogP contribution in [0.3, 0.4) is 0 Å². The normalized spacial score (nSPS) is 11.5. The highest BCUT2D eigenvalue weighted by atomic mass is 31.2. The molecule has 0 radical (unpaired) electrons. The van der Waals surface area contributed by atoms with Gasteiger partial charge in [0.1, 0.15) is 0 Å². The van der Waals surface area contributed by atoms with Crippen LogP contribution in [-0.4, -0.2) is 41.1 Å². The van der Waals surface area contributed by atoms with E-state index in [0.717, 1.165) is 26.4 Å². The van der Waals surface area contributed by atoms with Gasteiger partial charge < -0.3 is 24.2 Å². The van der Waals surface area contributed by atoms with E-state index in [9.17, 15) is 0 Å². The summed E-state index contributed by atoms with van der Waals surface area (Å²) in [5, 5.41) is 0. The third kappa shape index (κ3) is 53.1. The summed E-state index contributed by atoms with van der Waals surface area (Å²) in [6.07, 6.45) is 39.6. The number of hydrogen-bond donors (Lipinski definition) is 3. The van der Waals surface area contributed by atoms with Gasteiger partial charge in [-0.05, 0) is 12.8 Å². The molecule has 0 aromatic carbocycles. The molecule has 0 aromatic heterocycles. The number of ether oxygens (including phenoxy) is 2. The molecule has 0 aliphatic carbocycles. The fourth-order valence-corrected chi connectivity index (χ4v) is 5.12. The van der Waals surface area contributed by atoms with Gasteiger partial charge in [-0.2, -0.15) is 0 Å². The molecule has 0 unspecified atom stereocenters. The second-order valence-electron chi connectivity index (χ2n) is 11.9. The quantitative estimate of drug-likeness (QED) is 0.0506. The summed E-state index contributed by atoms with van der Waals surface area (Å²) < 4.78 is 20.3. The molecule has 0 saturated heterocycles. The third-order valence-corrected chi connectivity index (χ3v) is 7.66. The molecule has 0 spiro atoms. The monoisotopic (exact) mass is 609 g/mol. The zero-order valence-corrected chi connectivity index (χ0v) is 28.5. The molecule has 41 heavy (non-hydrogen) atoms. The first kappa shape index (κ1) is 43.2. The fraction of sp³-hybridized carbons (Fsp3) is 1.00. The highest BCUT2D eigenvalue weighted by molar-refractivity contribution is 7.45. The average molecular weight is 609 g/mol. The van der Waals surface area contributed by atoms with Crippen LogP contribution in [-0.2, 0) is 14.0 Å². The van der Waals surface area contributed by atoms with Gasteiger partial charge in [0, 0.05) is 13.2 Å². The lowest BCUT2D eigenvalue weighted by Crippen LogP contribution is -2.06. The lowest BCUT2D eigenvalue weighted by Gasteiger charge is -2.06. The first-order chi connectivity index (χ1) is 19.9. The van der Waals surface area contributed by atoms with Crippen molar-refractivity contribution < 1.29 is 28.7 Å². The van der Waals surface area contributed by atoms with E-state index in [1.54, 1.807) is 0 Å². The summed E-state index contributed by atoms with van der Waals surface area (Å²) in [4.78, 5) is 21.6. The Morgan fingerprint density at radius 3 is 0.707 bits per heavy atom. The van der Waals surface area contributed by atoms with Crippen LogP contribution in [0.4, 0.5) is 0 Å². The Hall–Kier alpha value is 0.0300. The highest BCUT2D eigenvalue weighted by Crippen LogP contribution is 2.25. The molecule has 7 heteroatoms. The van der Waals surface area contributed by atoms with Gasteiger partial charge in [0.05, 0.1) is 13.2 Å². The molecule has 0 rings (SSSR count). The minimum atomic E-state index is -4.64.